The number of aromatic amines is 1. The van der Waals surface area contributed by atoms with Crippen molar-refractivity contribution in [3.63, 3.8) is 0 Å². The van der Waals surface area contributed by atoms with Gasteiger partial charge in [-0.25, -0.2) is 4.79 Å². The Morgan fingerprint density at radius 3 is 2.25 bits per heavy atom. The van der Waals surface area contributed by atoms with Gasteiger partial charge in [0.15, 0.2) is 6.10 Å². The zero-order valence-corrected chi connectivity index (χ0v) is 17.6. The Kier molecular flexibility index (Phi) is 7.69. The molecule has 0 fully saturated rings. The molecule has 9 heteroatoms. The minimum Gasteiger partial charge on any atom is -0.490 e. The maximum Gasteiger partial charge on any atom is 0.333 e. The highest BCUT2D eigenvalue weighted by atomic mass is 16.5. The van der Waals surface area contributed by atoms with Crippen molar-refractivity contribution >= 4 is 22.8 Å². The van der Waals surface area contributed by atoms with Crippen molar-refractivity contribution in [2.45, 2.75) is 25.0 Å². The van der Waals surface area contributed by atoms with Gasteiger partial charge < -0.3 is 35.1 Å². The van der Waals surface area contributed by atoms with Gasteiger partial charge >= 0.3 is 11.9 Å². The summed E-state index contributed by atoms with van der Waals surface area (Å²) >= 11 is 0. The number of fused-ring (bicyclic) bond motifs is 1. The lowest BCUT2D eigenvalue weighted by Crippen LogP contribution is -2.32. The first-order valence-electron chi connectivity index (χ1n) is 10.1. The first kappa shape index (κ1) is 23.1. The summed E-state index contributed by atoms with van der Waals surface area (Å²) < 4.78 is 16.4. The smallest absolute Gasteiger partial charge is 0.333 e. The van der Waals surface area contributed by atoms with Crippen molar-refractivity contribution in [2.24, 2.45) is 5.73 Å². The van der Waals surface area contributed by atoms with E-state index in [0.717, 1.165) is 22.0 Å². The number of rotatable bonds is 12. The van der Waals surface area contributed by atoms with Crippen LogP contribution in [0.15, 0.2) is 48.7 Å². The average molecular weight is 442 g/mol. The summed E-state index contributed by atoms with van der Waals surface area (Å²) in [5.41, 5.74) is 8.17. The van der Waals surface area contributed by atoms with Crippen molar-refractivity contribution in [1.29, 1.82) is 0 Å². The summed E-state index contributed by atoms with van der Waals surface area (Å²) in [6.07, 6.45) is 1.37. The molecule has 0 amide bonds. The minimum absolute atomic E-state index is 0.218. The number of nitrogens with two attached hydrogens (primary N) is 1. The Labute approximate surface area is 184 Å². The summed E-state index contributed by atoms with van der Waals surface area (Å²) in [6.45, 7) is 0.628. The zero-order valence-electron chi connectivity index (χ0n) is 17.6. The fraction of sp³-hybridized carbons (Fsp3) is 0.304. The zero-order chi connectivity index (χ0) is 23.1. The van der Waals surface area contributed by atoms with Gasteiger partial charge in [0.1, 0.15) is 30.8 Å². The van der Waals surface area contributed by atoms with Crippen LogP contribution < -0.4 is 15.2 Å². The maximum atomic E-state index is 11.0. The van der Waals surface area contributed by atoms with E-state index in [1.54, 1.807) is 30.5 Å². The molecule has 0 aliphatic heterocycles. The van der Waals surface area contributed by atoms with Gasteiger partial charge in [-0.2, -0.15) is 0 Å². The third-order valence-electron chi connectivity index (χ3n) is 5.02. The number of nitrogens with one attached hydrogen (secondary N) is 1. The van der Waals surface area contributed by atoms with Crippen LogP contribution in [0.5, 0.6) is 11.5 Å². The summed E-state index contributed by atoms with van der Waals surface area (Å²) in [6, 6.07) is 11.7. The monoisotopic (exact) mass is 442 g/mol. The molecule has 1 aromatic heterocycles. The van der Waals surface area contributed by atoms with Gasteiger partial charge in [-0.3, -0.25) is 4.79 Å². The van der Waals surface area contributed by atoms with Crippen LogP contribution in [0.2, 0.25) is 0 Å². The molecule has 0 bridgehead atoms. The van der Waals surface area contributed by atoms with Crippen LogP contribution in [0.3, 0.4) is 0 Å². The lowest BCUT2D eigenvalue weighted by Gasteiger charge is -2.12. The quantitative estimate of drug-likeness (QED) is 0.313. The second kappa shape index (κ2) is 10.7. The molecule has 3 aromatic rings. The van der Waals surface area contributed by atoms with Crippen LogP contribution in [0.4, 0.5) is 0 Å². The molecule has 3 rings (SSSR count). The fourth-order valence-corrected chi connectivity index (χ4v) is 3.27. The summed E-state index contributed by atoms with van der Waals surface area (Å²) in [5, 5.41) is 18.9. The van der Waals surface area contributed by atoms with Gasteiger partial charge in [0, 0.05) is 37.1 Å². The van der Waals surface area contributed by atoms with Crippen molar-refractivity contribution < 1.29 is 34.0 Å². The molecule has 0 spiro atoms. The van der Waals surface area contributed by atoms with Gasteiger partial charge in [0.05, 0.1) is 0 Å². The highest BCUT2D eigenvalue weighted by Crippen LogP contribution is 2.24. The molecule has 32 heavy (non-hydrogen) atoms. The van der Waals surface area contributed by atoms with Gasteiger partial charge in [0.2, 0.25) is 0 Å². The molecule has 5 N–H and O–H groups in total. The number of carboxylic acid groups (broad SMARTS) is 2. The molecule has 170 valence electrons. The van der Waals surface area contributed by atoms with E-state index in [4.69, 9.17) is 30.2 Å². The molecule has 0 aliphatic carbocycles. The molecule has 0 saturated heterocycles. The SMILES string of the molecule is COC(Cc1ccc(OCCOc2ccc3[nH]cc(C[C@H](N)C(=O)O)c3c2)cc1)C(=O)O. The topological polar surface area (TPSA) is 144 Å². The molecule has 2 aromatic carbocycles. The number of methoxy groups -OCH3 is 1. The van der Waals surface area contributed by atoms with Crippen LogP contribution in [0, 0.1) is 0 Å². The number of H-pyrrole nitrogens is 1. The van der Waals surface area contributed by atoms with Gasteiger partial charge in [-0.15, -0.1) is 0 Å². The molecule has 0 saturated carbocycles. The first-order valence-corrected chi connectivity index (χ1v) is 10.1. The van der Waals surface area contributed by atoms with Crippen LogP contribution in [0.25, 0.3) is 10.9 Å². The Balaban J connectivity index is 1.51. The lowest BCUT2D eigenvalue weighted by molar-refractivity contribution is -0.148. The molecule has 9 nitrogen and oxygen atoms in total. The van der Waals surface area contributed by atoms with Gasteiger partial charge in [-0.05, 0) is 41.5 Å². The average Bonchev–Trinajstić information content (AvgIpc) is 3.17. The fourth-order valence-electron chi connectivity index (χ4n) is 3.27. The van der Waals surface area contributed by atoms with Crippen LogP contribution in [0.1, 0.15) is 11.1 Å². The van der Waals surface area contributed by atoms with Crippen LogP contribution in [-0.2, 0) is 27.2 Å². The molecule has 1 heterocycles. The number of carbonyl (C=O) groups is 2. The van der Waals surface area contributed by atoms with Crippen molar-refractivity contribution in [3.05, 3.63) is 59.8 Å². The molecule has 2 atom stereocenters. The lowest BCUT2D eigenvalue weighted by atomic mass is 10.1. The van der Waals surface area contributed by atoms with Crippen molar-refractivity contribution in [1.82, 2.24) is 4.98 Å². The molecular formula is C23H26N2O7. The van der Waals surface area contributed by atoms with E-state index in [0.29, 0.717) is 24.7 Å². The Morgan fingerprint density at radius 1 is 0.969 bits per heavy atom. The molecular weight excluding hydrogens is 416 g/mol. The van der Waals surface area contributed by atoms with E-state index in [1.807, 2.05) is 18.2 Å². The Morgan fingerprint density at radius 2 is 1.62 bits per heavy atom. The second-order valence-corrected chi connectivity index (χ2v) is 7.28. The predicted molar refractivity (Wildman–Crippen MR) is 117 cm³/mol. The van der Waals surface area contributed by atoms with E-state index in [2.05, 4.69) is 4.98 Å². The highest BCUT2D eigenvalue weighted by molar-refractivity contribution is 5.85. The predicted octanol–water partition coefficient (Wildman–Crippen LogP) is 2.22. The third-order valence-corrected chi connectivity index (χ3v) is 5.02. The van der Waals surface area contributed by atoms with E-state index < -0.39 is 24.1 Å². The van der Waals surface area contributed by atoms with Gasteiger partial charge in [0.25, 0.3) is 0 Å². The standard InChI is InChI=1S/C23H26N2O7/c1-30-21(23(28)29)10-14-2-4-16(5-3-14)31-8-9-32-17-6-7-20-18(12-17)15(13-25-20)11-19(24)22(26)27/h2-7,12-13,19,21,25H,8-11,24H2,1H3,(H,26,27)(H,28,29)/t19-,21?/m0/s1. The van der Waals surface area contributed by atoms with Crippen LogP contribution >= 0.6 is 0 Å². The molecule has 1 unspecified atom stereocenters. The Hall–Kier alpha value is -3.56. The van der Waals surface area contributed by atoms with Crippen LogP contribution in [-0.4, -0.2) is 59.6 Å². The first-order chi connectivity index (χ1) is 15.4. The number of aliphatic carboxylic acids is 2. The molecule has 0 radical (unpaired) electrons. The summed E-state index contributed by atoms with van der Waals surface area (Å²) in [5.74, 6) is -0.759. The Bertz CT molecular complexity index is 1060. The number of hydrogen-bond acceptors (Lipinski definition) is 6. The third kappa shape index (κ3) is 5.99. The van der Waals surface area contributed by atoms with E-state index in [9.17, 15) is 9.59 Å². The van der Waals surface area contributed by atoms with E-state index in [-0.39, 0.29) is 12.8 Å². The summed E-state index contributed by atoms with van der Waals surface area (Å²) in [4.78, 5) is 25.2. The number of hydrogen-bond donors (Lipinski definition) is 4. The number of benzene rings is 2. The van der Waals surface area contributed by atoms with Crippen molar-refractivity contribution in [3.8, 4) is 11.5 Å². The van der Waals surface area contributed by atoms with E-state index >= 15 is 0 Å². The van der Waals surface area contributed by atoms with E-state index in [1.165, 1.54) is 7.11 Å². The number of ether oxygens (including phenoxy) is 3. The number of aromatic nitrogens is 1. The second-order valence-electron chi connectivity index (χ2n) is 7.28. The van der Waals surface area contributed by atoms with Gasteiger partial charge in [-0.1, -0.05) is 12.1 Å². The highest BCUT2D eigenvalue weighted by Gasteiger charge is 2.17. The minimum atomic E-state index is -1.04. The van der Waals surface area contributed by atoms with Crippen molar-refractivity contribution in [2.75, 3.05) is 20.3 Å². The summed E-state index contributed by atoms with van der Waals surface area (Å²) in [7, 11) is 1.37. The normalized spacial score (nSPS) is 12.9. The maximum absolute atomic E-state index is 11.0. The number of carboxylic acids is 2. The molecule has 0 aliphatic rings. The largest absolute Gasteiger partial charge is 0.490 e.